The van der Waals surface area contributed by atoms with Crippen molar-refractivity contribution < 1.29 is 26.4 Å². The molecule has 1 unspecified atom stereocenters. The monoisotopic (exact) mass is 421 g/mol. The van der Waals surface area contributed by atoms with Crippen LogP contribution in [0, 0.1) is 5.92 Å². The van der Waals surface area contributed by atoms with Crippen LogP contribution in [0.2, 0.25) is 0 Å². The summed E-state index contributed by atoms with van der Waals surface area (Å²) < 4.78 is 60.9. The molecule has 1 saturated heterocycles. The van der Waals surface area contributed by atoms with Gasteiger partial charge in [0.1, 0.15) is 0 Å². The number of sulfone groups is 1. The molecule has 10 heteroatoms. The molecule has 0 aliphatic carbocycles. The summed E-state index contributed by atoms with van der Waals surface area (Å²) in [6.45, 7) is 3.86. The second-order valence-corrected chi connectivity index (χ2v) is 9.49. The van der Waals surface area contributed by atoms with Gasteiger partial charge in [-0.05, 0) is 30.2 Å². The highest BCUT2D eigenvalue weighted by Crippen LogP contribution is 2.22. The van der Waals surface area contributed by atoms with Crippen molar-refractivity contribution >= 4 is 21.4 Å². The summed E-state index contributed by atoms with van der Waals surface area (Å²) in [6, 6.07) is 5.69. The molecule has 2 rings (SSSR count). The Kier molecular flexibility index (Phi) is 7.11. The number of benzene rings is 1. The minimum Gasteiger partial charge on any atom is -0.325 e. The molecular formula is C18H26F3N3O3S. The maximum absolute atomic E-state index is 12.7. The number of rotatable bonds is 6. The van der Waals surface area contributed by atoms with E-state index < -0.39 is 22.6 Å². The van der Waals surface area contributed by atoms with Gasteiger partial charge in [-0.3, -0.25) is 14.6 Å². The first-order chi connectivity index (χ1) is 12.8. The molecule has 1 aromatic carbocycles. The maximum Gasteiger partial charge on any atom is 0.401 e. The van der Waals surface area contributed by atoms with Crippen molar-refractivity contribution in [2.24, 2.45) is 5.92 Å². The van der Waals surface area contributed by atoms with Crippen LogP contribution in [0.3, 0.4) is 0 Å². The van der Waals surface area contributed by atoms with E-state index in [1.54, 1.807) is 0 Å². The lowest BCUT2D eigenvalue weighted by molar-refractivity contribution is -0.153. The van der Waals surface area contributed by atoms with Crippen molar-refractivity contribution in [1.82, 2.24) is 9.80 Å². The van der Waals surface area contributed by atoms with Crippen LogP contribution in [0.15, 0.2) is 29.2 Å². The minimum absolute atomic E-state index is 0.0660. The highest BCUT2D eigenvalue weighted by molar-refractivity contribution is 7.90. The normalized spacial score (nSPS) is 19.8. The van der Waals surface area contributed by atoms with E-state index in [1.165, 1.54) is 29.2 Å². The fourth-order valence-electron chi connectivity index (χ4n) is 3.30. The average molecular weight is 421 g/mol. The third-order valence-corrected chi connectivity index (χ3v) is 5.83. The van der Waals surface area contributed by atoms with Gasteiger partial charge in [0.15, 0.2) is 9.84 Å². The average Bonchev–Trinajstić information content (AvgIpc) is 2.54. The Hall–Kier alpha value is -1.65. The number of alkyl halides is 3. The number of piperazine rings is 1. The first-order valence-corrected chi connectivity index (χ1v) is 10.9. The molecule has 1 aliphatic heterocycles. The van der Waals surface area contributed by atoms with Gasteiger partial charge in [-0.15, -0.1) is 0 Å². The highest BCUT2D eigenvalue weighted by atomic mass is 32.2. The van der Waals surface area contributed by atoms with Gasteiger partial charge in [0, 0.05) is 37.6 Å². The van der Waals surface area contributed by atoms with Gasteiger partial charge in [-0.1, -0.05) is 13.8 Å². The van der Waals surface area contributed by atoms with Crippen LogP contribution >= 0.6 is 0 Å². The van der Waals surface area contributed by atoms with Crippen molar-refractivity contribution in [3.05, 3.63) is 24.3 Å². The van der Waals surface area contributed by atoms with Crippen LogP contribution in [-0.2, 0) is 14.6 Å². The standard InChI is InChI=1S/C18H26F3N3O3S/c1-13(2)16-10-23(12-18(19,20)21)8-9-24(16)11-17(25)22-14-4-6-15(7-5-14)28(3,26)27/h4-7,13,16H,8-12H2,1-3H3,(H,22,25). The first-order valence-electron chi connectivity index (χ1n) is 8.98. The van der Waals surface area contributed by atoms with Crippen molar-refractivity contribution in [2.45, 2.75) is 31.0 Å². The fraction of sp³-hybridized carbons (Fsp3) is 0.611. The topological polar surface area (TPSA) is 69.7 Å². The van der Waals surface area contributed by atoms with E-state index in [9.17, 15) is 26.4 Å². The zero-order valence-corrected chi connectivity index (χ0v) is 17.0. The molecule has 0 saturated carbocycles. The molecule has 0 aromatic heterocycles. The highest BCUT2D eigenvalue weighted by Gasteiger charge is 2.36. The number of hydrogen-bond donors (Lipinski definition) is 1. The third-order valence-electron chi connectivity index (χ3n) is 4.70. The SMILES string of the molecule is CC(C)C1CN(CC(F)(F)F)CCN1CC(=O)Nc1ccc(S(C)(=O)=O)cc1. The smallest absolute Gasteiger partial charge is 0.325 e. The van der Waals surface area contributed by atoms with Crippen molar-refractivity contribution in [2.75, 3.05) is 44.3 Å². The van der Waals surface area contributed by atoms with Crippen molar-refractivity contribution in [1.29, 1.82) is 0 Å². The van der Waals surface area contributed by atoms with E-state index >= 15 is 0 Å². The van der Waals surface area contributed by atoms with Gasteiger partial charge in [-0.2, -0.15) is 13.2 Å². The van der Waals surface area contributed by atoms with Crippen molar-refractivity contribution in [3.8, 4) is 0 Å². The molecular weight excluding hydrogens is 395 g/mol. The number of hydrogen-bond acceptors (Lipinski definition) is 5. The molecule has 1 aliphatic rings. The molecule has 158 valence electrons. The van der Waals surface area contributed by atoms with Gasteiger partial charge < -0.3 is 5.32 Å². The number of nitrogens with zero attached hydrogens (tertiary/aromatic N) is 2. The van der Waals surface area contributed by atoms with Gasteiger partial charge in [-0.25, -0.2) is 8.42 Å². The van der Waals surface area contributed by atoms with Gasteiger partial charge >= 0.3 is 6.18 Å². The van der Waals surface area contributed by atoms with E-state index in [-0.39, 0.29) is 42.4 Å². The Morgan fingerprint density at radius 1 is 1.21 bits per heavy atom. The van der Waals surface area contributed by atoms with Crippen LogP contribution in [0.25, 0.3) is 0 Å². The molecule has 6 nitrogen and oxygen atoms in total. The summed E-state index contributed by atoms with van der Waals surface area (Å²) >= 11 is 0. The molecule has 1 fully saturated rings. The zero-order valence-electron chi connectivity index (χ0n) is 16.2. The molecule has 28 heavy (non-hydrogen) atoms. The Morgan fingerprint density at radius 2 is 1.82 bits per heavy atom. The third kappa shape index (κ3) is 6.75. The lowest BCUT2D eigenvalue weighted by atomic mass is 9.99. The summed E-state index contributed by atoms with van der Waals surface area (Å²) in [4.78, 5) is 15.8. The Morgan fingerprint density at radius 3 is 2.32 bits per heavy atom. The Balaban J connectivity index is 1.96. The fourth-order valence-corrected chi connectivity index (χ4v) is 3.93. The maximum atomic E-state index is 12.7. The van der Waals surface area contributed by atoms with E-state index in [0.717, 1.165) is 6.26 Å². The summed E-state index contributed by atoms with van der Waals surface area (Å²) in [5, 5.41) is 2.71. The second-order valence-electron chi connectivity index (χ2n) is 7.48. The number of carbonyl (C=O) groups excluding carboxylic acids is 1. The van der Waals surface area contributed by atoms with E-state index in [2.05, 4.69) is 5.32 Å². The van der Waals surface area contributed by atoms with Crippen LogP contribution in [0.4, 0.5) is 18.9 Å². The van der Waals surface area contributed by atoms with Crippen LogP contribution in [0.5, 0.6) is 0 Å². The van der Waals surface area contributed by atoms with Gasteiger partial charge in [0.05, 0.1) is 18.0 Å². The van der Waals surface area contributed by atoms with Crippen LogP contribution in [0.1, 0.15) is 13.8 Å². The molecule has 0 bridgehead atoms. The summed E-state index contributed by atoms with van der Waals surface area (Å²) in [6.07, 6.45) is -3.13. The van der Waals surface area contributed by atoms with Crippen LogP contribution < -0.4 is 5.32 Å². The van der Waals surface area contributed by atoms with E-state index in [1.807, 2.05) is 18.7 Å². The number of carbonyl (C=O) groups is 1. The molecule has 1 amide bonds. The van der Waals surface area contributed by atoms with Gasteiger partial charge in [0.25, 0.3) is 0 Å². The minimum atomic E-state index is -4.24. The molecule has 1 atom stereocenters. The lowest BCUT2D eigenvalue weighted by Crippen LogP contribution is -2.58. The largest absolute Gasteiger partial charge is 0.401 e. The number of halogens is 3. The predicted molar refractivity (Wildman–Crippen MR) is 101 cm³/mol. The molecule has 0 radical (unpaired) electrons. The van der Waals surface area contributed by atoms with E-state index in [0.29, 0.717) is 12.2 Å². The number of amides is 1. The molecule has 0 spiro atoms. The number of nitrogens with one attached hydrogen (secondary N) is 1. The van der Waals surface area contributed by atoms with Crippen molar-refractivity contribution in [3.63, 3.8) is 0 Å². The van der Waals surface area contributed by atoms with Gasteiger partial charge in [0.2, 0.25) is 5.91 Å². The summed E-state index contributed by atoms with van der Waals surface area (Å²) in [5.74, 6) is -0.195. The zero-order chi connectivity index (χ0) is 21.1. The first kappa shape index (κ1) is 22.6. The molecule has 1 heterocycles. The quantitative estimate of drug-likeness (QED) is 0.763. The second kappa shape index (κ2) is 8.79. The molecule has 1 N–H and O–H groups in total. The Bertz CT molecular complexity index is 780. The summed E-state index contributed by atoms with van der Waals surface area (Å²) in [7, 11) is -3.31. The van der Waals surface area contributed by atoms with E-state index in [4.69, 9.17) is 0 Å². The Labute approximate surface area is 163 Å². The van der Waals surface area contributed by atoms with Crippen LogP contribution in [-0.4, -0.2) is 75.3 Å². The predicted octanol–water partition coefficient (Wildman–Crippen LogP) is 2.23. The number of anilines is 1. The molecule has 1 aromatic rings. The lowest BCUT2D eigenvalue weighted by Gasteiger charge is -2.43. The summed E-state index contributed by atoms with van der Waals surface area (Å²) in [5.41, 5.74) is 0.467.